The maximum Gasteiger partial charge on any atom is 0.230 e. The molecule has 1 amide bonds. The van der Waals surface area contributed by atoms with Gasteiger partial charge in [-0.1, -0.05) is 18.2 Å². The Labute approximate surface area is 127 Å². The molecule has 21 heavy (non-hydrogen) atoms. The van der Waals surface area contributed by atoms with Gasteiger partial charge in [0.2, 0.25) is 5.91 Å². The summed E-state index contributed by atoms with van der Waals surface area (Å²) < 4.78 is 5.21. The molecule has 0 radical (unpaired) electrons. The van der Waals surface area contributed by atoms with E-state index >= 15 is 0 Å². The van der Waals surface area contributed by atoms with Crippen molar-refractivity contribution >= 4 is 11.6 Å². The van der Waals surface area contributed by atoms with Gasteiger partial charge in [0.15, 0.2) is 0 Å². The minimum absolute atomic E-state index is 0.0586. The fourth-order valence-corrected chi connectivity index (χ4v) is 3.19. The average Bonchev–Trinajstić information content (AvgIpc) is 2.47. The molecule has 0 bridgehead atoms. The second-order valence-corrected chi connectivity index (χ2v) is 5.85. The van der Waals surface area contributed by atoms with Crippen molar-refractivity contribution < 1.29 is 9.53 Å². The van der Waals surface area contributed by atoms with Crippen LogP contribution in [-0.4, -0.2) is 43.2 Å². The van der Waals surface area contributed by atoms with Crippen molar-refractivity contribution in [2.45, 2.75) is 45.2 Å². The summed E-state index contributed by atoms with van der Waals surface area (Å²) in [5.74, 6) is 0.152. The molecule has 1 aromatic carbocycles. The van der Waals surface area contributed by atoms with Crippen LogP contribution in [0.15, 0.2) is 24.3 Å². The maximum atomic E-state index is 13.0. The molecule has 0 saturated heterocycles. The van der Waals surface area contributed by atoms with Gasteiger partial charge in [-0.3, -0.25) is 4.79 Å². The molecule has 116 valence electrons. The number of likely N-dealkylation sites (N-methyl/N-ethyl adjacent to an activating group) is 1. The molecular formula is C17H26N2O2. The predicted molar refractivity (Wildman–Crippen MR) is 85.6 cm³/mol. The summed E-state index contributed by atoms with van der Waals surface area (Å²) in [5, 5.41) is 3.46. The van der Waals surface area contributed by atoms with Crippen LogP contribution in [0.2, 0.25) is 0 Å². The number of rotatable bonds is 5. The first-order valence-electron chi connectivity index (χ1n) is 7.73. The molecule has 1 N–H and O–H groups in total. The third-order valence-electron chi connectivity index (χ3n) is 4.19. The van der Waals surface area contributed by atoms with E-state index in [2.05, 4.69) is 24.4 Å². The van der Waals surface area contributed by atoms with Crippen LogP contribution < -0.4 is 5.32 Å². The van der Waals surface area contributed by atoms with Crippen molar-refractivity contribution in [3.8, 4) is 0 Å². The molecule has 0 aromatic heterocycles. The normalized spacial score (nSPS) is 22.1. The minimum atomic E-state index is -0.0586. The van der Waals surface area contributed by atoms with Gasteiger partial charge < -0.3 is 15.0 Å². The zero-order chi connectivity index (χ0) is 15.4. The highest BCUT2D eigenvalue weighted by Crippen LogP contribution is 2.35. The highest BCUT2D eigenvalue weighted by molar-refractivity contribution is 5.86. The van der Waals surface area contributed by atoms with E-state index in [4.69, 9.17) is 4.74 Å². The SMILES string of the molecule is CCN(C(=O)C1CC(C)Nc2ccccc21)C(C)COC. The number of para-hydroxylation sites is 1. The monoisotopic (exact) mass is 290 g/mol. The first-order valence-corrected chi connectivity index (χ1v) is 7.73. The number of amides is 1. The molecule has 3 unspecified atom stereocenters. The molecular weight excluding hydrogens is 264 g/mol. The number of hydrogen-bond donors (Lipinski definition) is 1. The Morgan fingerprint density at radius 1 is 1.48 bits per heavy atom. The topological polar surface area (TPSA) is 41.6 Å². The lowest BCUT2D eigenvalue weighted by atomic mass is 9.86. The quantitative estimate of drug-likeness (QED) is 0.906. The van der Waals surface area contributed by atoms with E-state index < -0.39 is 0 Å². The smallest absolute Gasteiger partial charge is 0.230 e. The van der Waals surface area contributed by atoms with Crippen LogP contribution >= 0.6 is 0 Å². The maximum absolute atomic E-state index is 13.0. The van der Waals surface area contributed by atoms with E-state index in [1.54, 1.807) is 7.11 Å². The number of ether oxygens (including phenoxy) is 1. The fourth-order valence-electron chi connectivity index (χ4n) is 3.19. The summed E-state index contributed by atoms with van der Waals surface area (Å²) in [5.41, 5.74) is 2.20. The number of benzene rings is 1. The van der Waals surface area contributed by atoms with Gasteiger partial charge in [-0.2, -0.15) is 0 Å². The number of carbonyl (C=O) groups is 1. The standard InChI is InChI=1S/C17H26N2O2/c1-5-19(13(3)11-21-4)17(20)15-10-12(2)18-16-9-7-6-8-14(15)16/h6-9,12-13,15,18H,5,10-11H2,1-4H3. The molecule has 2 rings (SSSR count). The molecule has 3 atom stereocenters. The number of fused-ring (bicyclic) bond motifs is 1. The van der Waals surface area contributed by atoms with Gasteiger partial charge in [-0.05, 0) is 38.8 Å². The molecule has 0 fully saturated rings. The summed E-state index contributed by atoms with van der Waals surface area (Å²) in [6, 6.07) is 8.55. The lowest BCUT2D eigenvalue weighted by molar-refractivity contribution is -0.136. The Morgan fingerprint density at radius 3 is 2.86 bits per heavy atom. The van der Waals surface area contributed by atoms with E-state index in [1.165, 1.54) is 0 Å². The zero-order valence-corrected chi connectivity index (χ0v) is 13.4. The van der Waals surface area contributed by atoms with Gasteiger partial charge in [0.05, 0.1) is 18.6 Å². The number of nitrogens with zero attached hydrogens (tertiary/aromatic N) is 1. The Bertz CT molecular complexity index is 489. The van der Waals surface area contributed by atoms with Gasteiger partial charge in [0.25, 0.3) is 0 Å². The average molecular weight is 290 g/mol. The van der Waals surface area contributed by atoms with Crippen LogP contribution in [0.1, 0.15) is 38.7 Å². The molecule has 0 aliphatic carbocycles. The van der Waals surface area contributed by atoms with Gasteiger partial charge >= 0.3 is 0 Å². The summed E-state index contributed by atoms with van der Waals surface area (Å²) in [7, 11) is 1.68. The molecule has 0 saturated carbocycles. The molecule has 1 heterocycles. The fraction of sp³-hybridized carbons (Fsp3) is 0.588. The second-order valence-electron chi connectivity index (χ2n) is 5.85. The summed E-state index contributed by atoms with van der Waals surface area (Å²) in [4.78, 5) is 14.9. The molecule has 0 spiro atoms. The number of hydrogen-bond acceptors (Lipinski definition) is 3. The summed E-state index contributed by atoms with van der Waals surface area (Å²) in [6.07, 6.45) is 0.839. The Kier molecular flexibility index (Phi) is 5.23. The van der Waals surface area contributed by atoms with Crippen molar-refractivity contribution in [3.05, 3.63) is 29.8 Å². The van der Waals surface area contributed by atoms with Crippen molar-refractivity contribution in [2.75, 3.05) is 25.6 Å². The highest BCUT2D eigenvalue weighted by atomic mass is 16.5. The van der Waals surface area contributed by atoms with Crippen LogP contribution in [0.5, 0.6) is 0 Å². The van der Waals surface area contributed by atoms with Crippen LogP contribution in [0.3, 0.4) is 0 Å². The zero-order valence-electron chi connectivity index (χ0n) is 13.4. The lowest BCUT2D eigenvalue weighted by Crippen LogP contribution is -2.45. The van der Waals surface area contributed by atoms with Crippen LogP contribution in [0.4, 0.5) is 5.69 Å². The van der Waals surface area contributed by atoms with Gasteiger partial charge in [0, 0.05) is 25.4 Å². The van der Waals surface area contributed by atoms with Crippen molar-refractivity contribution in [1.29, 1.82) is 0 Å². The van der Waals surface area contributed by atoms with E-state index in [0.717, 1.165) is 17.7 Å². The van der Waals surface area contributed by atoms with E-state index in [-0.39, 0.29) is 17.9 Å². The second kappa shape index (κ2) is 6.94. The van der Waals surface area contributed by atoms with Gasteiger partial charge in [-0.15, -0.1) is 0 Å². The molecule has 1 aliphatic heterocycles. The molecule has 4 nitrogen and oxygen atoms in total. The minimum Gasteiger partial charge on any atom is -0.383 e. The molecule has 4 heteroatoms. The number of anilines is 1. The van der Waals surface area contributed by atoms with E-state index in [1.807, 2.05) is 30.9 Å². The Hall–Kier alpha value is -1.55. The van der Waals surface area contributed by atoms with Gasteiger partial charge in [-0.25, -0.2) is 0 Å². The molecule has 1 aliphatic rings. The summed E-state index contributed by atoms with van der Waals surface area (Å²) >= 11 is 0. The van der Waals surface area contributed by atoms with Crippen molar-refractivity contribution in [1.82, 2.24) is 4.90 Å². The van der Waals surface area contributed by atoms with Gasteiger partial charge in [0.1, 0.15) is 0 Å². The number of carbonyl (C=O) groups excluding carboxylic acids is 1. The van der Waals surface area contributed by atoms with E-state index in [9.17, 15) is 4.79 Å². The van der Waals surface area contributed by atoms with Crippen LogP contribution in [0.25, 0.3) is 0 Å². The number of nitrogens with one attached hydrogen (secondary N) is 1. The third kappa shape index (κ3) is 3.38. The van der Waals surface area contributed by atoms with Crippen LogP contribution in [-0.2, 0) is 9.53 Å². The van der Waals surface area contributed by atoms with E-state index in [0.29, 0.717) is 19.2 Å². The Balaban J connectivity index is 2.26. The predicted octanol–water partition coefficient (Wildman–Crippen LogP) is 2.86. The first kappa shape index (κ1) is 15.8. The van der Waals surface area contributed by atoms with Crippen LogP contribution in [0, 0.1) is 0 Å². The largest absolute Gasteiger partial charge is 0.383 e. The first-order chi connectivity index (χ1) is 10.1. The molecule has 1 aromatic rings. The lowest BCUT2D eigenvalue weighted by Gasteiger charge is -2.36. The Morgan fingerprint density at radius 2 is 2.19 bits per heavy atom. The third-order valence-corrected chi connectivity index (χ3v) is 4.19. The highest BCUT2D eigenvalue weighted by Gasteiger charge is 2.33. The van der Waals surface area contributed by atoms with Crippen molar-refractivity contribution in [2.24, 2.45) is 0 Å². The van der Waals surface area contributed by atoms with Crippen molar-refractivity contribution in [3.63, 3.8) is 0 Å². The summed E-state index contributed by atoms with van der Waals surface area (Å²) in [6.45, 7) is 7.48. The number of methoxy groups -OCH3 is 1.